The van der Waals surface area contributed by atoms with Crippen LogP contribution in [0.3, 0.4) is 0 Å². The number of ether oxygens (including phenoxy) is 1. The Morgan fingerprint density at radius 3 is 2.89 bits per heavy atom. The minimum absolute atomic E-state index is 0.0342. The van der Waals surface area contributed by atoms with Crippen LogP contribution in [-0.2, 0) is 4.74 Å². The van der Waals surface area contributed by atoms with Gasteiger partial charge in [-0.05, 0) is 25.1 Å². The molecule has 19 heavy (non-hydrogen) atoms. The lowest BCUT2D eigenvalue weighted by Crippen LogP contribution is -2.48. The predicted molar refractivity (Wildman–Crippen MR) is 73.0 cm³/mol. The summed E-state index contributed by atoms with van der Waals surface area (Å²) in [6, 6.07) is 5.00. The third-order valence-corrected chi connectivity index (χ3v) is 3.16. The number of nitrogens with two attached hydrogens (primary N) is 2. The van der Waals surface area contributed by atoms with Gasteiger partial charge < -0.3 is 26.2 Å². The Morgan fingerprint density at radius 2 is 2.26 bits per heavy atom. The summed E-state index contributed by atoms with van der Waals surface area (Å²) in [7, 11) is 0. The Morgan fingerprint density at radius 1 is 1.53 bits per heavy atom. The molecule has 1 aliphatic rings. The molecular formula is C13H19N3O3. The van der Waals surface area contributed by atoms with Crippen LogP contribution in [0, 0.1) is 0 Å². The van der Waals surface area contributed by atoms with Crippen LogP contribution in [0.15, 0.2) is 18.2 Å². The molecule has 0 saturated carbocycles. The summed E-state index contributed by atoms with van der Waals surface area (Å²) in [5.74, 6) is -0.491. The molecule has 1 heterocycles. The lowest BCUT2D eigenvalue weighted by atomic mass is 10.1. The van der Waals surface area contributed by atoms with E-state index in [9.17, 15) is 9.90 Å². The van der Waals surface area contributed by atoms with Crippen molar-refractivity contribution in [3.05, 3.63) is 23.8 Å². The number of anilines is 2. The van der Waals surface area contributed by atoms with Crippen LogP contribution in [0.5, 0.6) is 0 Å². The molecule has 1 amide bonds. The average Bonchev–Trinajstić information content (AvgIpc) is 2.37. The molecule has 1 aromatic carbocycles. The minimum Gasteiger partial charge on any atom is -0.399 e. The molecule has 6 heteroatoms. The molecule has 0 spiro atoms. The predicted octanol–water partition coefficient (Wildman–Crippen LogP) is -0.0463. The third kappa shape index (κ3) is 2.97. The van der Waals surface area contributed by atoms with Gasteiger partial charge in [-0.25, -0.2) is 0 Å². The Bertz CT molecular complexity index is 478. The van der Waals surface area contributed by atoms with Gasteiger partial charge in [-0.2, -0.15) is 0 Å². The van der Waals surface area contributed by atoms with Crippen LogP contribution in [0.2, 0.25) is 0 Å². The number of benzene rings is 1. The van der Waals surface area contributed by atoms with Crippen LogP contribution in [-0.4, -0.2) is 42.9 Å². The number of nitrogens with zero attached hydrogens (tertiary/aromatic N) is 1. The van der Waals surface area contributed by atoms with E-state index in [2.05, 4.69) is 0 Å². The number of rotatable bonds is 3. The van der Waals surface area contributed by atoms with Crippen molar-refractivity contribution in [2.24, 2.45) is 5.73 Å². The van der Waals surface area contributed by atoms with Crippen molar-refractivity contribution in [2.45, 2.75) is 19.1 Å². The first-order valence-corrected chi connectivity index (χ1v) is 6.22. The van der Waals surface area contributed by atoms with Crippen molar-refractivity contribution in [1.29, 1.82) is 0 Å². The summed E-state index contributed by atoms with van der Waals surface area (Å²) in [4.78, 5) is 13.5. The van der Waals surface area contributed by atoms with Gasteiger partial charge in [0.1, 0.15) is 0 Å². The maximum absolute atomic E-state index is 11.5. The Kier molecular flexibility index (Phi) is 3.92. The molecule has 104 valence electrons. The molecule has 1 saturated heterocycles. The van der Waals surface area contributed by atoms with Gasteiger partial charge in [-0.15, -0.1) is 0 Å². The number of morpholine rings is 1. The van der Waals surface area contributed by atoms with E-state index in [1.807, 2.05) is 11.8 Å². The quantitative estimate of drug-likeness (QED) is 0.665. The Labute approximate surface area is 111 Å². The van der Waals surface area contributed by atoms with Gasteiger partial charge in [-0.1, -0.05) is 0 Å². The number of aliphatic hydroxyl groups is 1. The molecule has 0 bridgehead atoms. The summed E-state index contributed by atoms with van der Waals surface area (Å²) in [6.07, 6.45) is -0.307. The van der Waals surface area contributed by atoms with Crippen molar-refractivity contribution < 1.29 is 14.6 Å². The maximum atomic E-state index is 11.5. The van der Waals surface area contributed by atoms with E-state index < -0.39 is 5.91 Å². The van der Waals surface area contributed by atoms with Gasteiger partial charge in [0, 0.05) is 18.8 Å². The van der Waals surface area contributed by atoms with Gasteiger partial charge in [0.2, 0.25) is 0 Å². The fraction of sp³-hybridized carbons (Fsp3) is 0.462. The molecule has 6 nitrogen and oxygen atoms in total. The highest BCUT2D eigenvalue weighted by Crippen LogP contribution is 2.26. The molecule has 2 atom stereocenters. The van der Waals surface area contributed by atoms with Crippen LogP contribution in [0.25, 0.3) is 0 Å². The second-order valence-electron chi connectivity index (χ2n) is 4.80. The molecule has 1 aromatic rings. The fourth-order valence-electron chi connectivity index (χ4n) is 2.36. The number of carbonyl (C=O) groups is 1. The van der Waals surface area contributed by atoms with Gasteiger partial charge in [0.15, 0.2) is 0 Å². The van der Waals surface area contributed by atoms with Gasteiger partial charge >= 0.3 is 0 Å². The topological polar surface area (TPSA) is 102 Å². The lowest BCUT2D eigenvalue weighted by Gasteiger charge is -2.38. The zero-order valence-corrected chi connectivity index (χ0v) is 10.9. The van der Waals surface area contributed by atoms with Gasteiger partial charge in [0.25, 0.3) is 5.91 Å². The molecule has 2 unspecified atom stereocenters. The van der Waals surface area contributed by atoms with Gasteiger partial charge in [0.05, 0.1) is 30.1 Å². The third-order valence-electron chi connectivity index (χ3n) is 3.16. The highest BCUT2D eigenvalue weighted by molar-refractivity contribution is 5.99. The zero-order valence-electron chi connectivity index (χ0n) is 10.9. The van der Waals surface area contributed by atoms with Crippen molar-refractivity contribution in [3.8, 4) is 0 Å². The first-order valence-electron chi connectivity index (χ1n) is 6.22. The number of nitrogen functional groups attached to an aromatic ring is 1. The highest BCUT2D eigenvalue weighted by Gasteiger charge is 2.27. The van der Waals surface area contributed by atoms with E-state index in [1.165, 1.54) is 0 Å². The summed E-state index contributed by atoms with van der Waals surface area (Å²) in [6.45, 7) is 2.99. The SMILES string of the molecule is CC1CN(c2cc(N)ccc2C(N)=O)CC(CO)O1. The van der Waals surface area contributed by atoms with Crippen molar-refractivity contribution in [2.75, 3.05) is 30.3 Å². The summed E-state index contributed by atoms with van der Waals surface area (Å²) < 4.78 is 5.58. The molecule has 0 aromatic heterocycles. The molecule has 1 fully saturated rings. The number of hydrogen-bond acceptors (Lipinski definition) is 5. The summed E-state index contributed by atoms with van der Waals surface area (Å²) in [5, 5.41) is 9.24. The zero-order chi connectivity index (χ0) is 14.0. The number of aliphatic hydroxyl groups excluding tert-OH is 1. The lowest BCUT2D eigenvalue weighted by molar-refractivity contribution is -0.0421. The average molecular weight is 265 g/mol. The largest absolute Gasteiger partial charge is 0.399 e. The van der Waals surface area contributed by atoms with E-state index in [1.54, 1.807) is 18.2 Å². The van der Waals surface area contributed by atoms with E-state index in [0.717, 1.165) is 0 Å². The number of primary amides is 1. The monoisotopic (exact) mass is 265 g/mol. The number of hydrogen-bond donors (Lipinski definition) is 3. The first kappa shape index (κ1) is 13.6. The molecule has 0 radical (unpaired) electrons. The second-order valence-corrected chi connectivity index (χ2v) is 4.80. The maximum Gasteiger partial charge on any atom is 0.250 e. The molecule has 5 N–H and O–H groups in total. The fourth-order valence-corrected chi connectivity index (χ4v) is 2.36. The number of carbonyl (C=O) groups excluding carboxylic acids is 1. The van der Waals surface area contributed by atoms with Crippen LogP contribution in [0.1, 0.15) is 17.3 Å². The van der Waals surface area contributed by atoms with E-state index >= 15 is 0 Å². The number of amides is 1. The standard InChI is InChI=1S/C13H19N3O3/c1-8-5-16(6-10(7-17)19-8)12-4-9(14)2-3-11(12)13(15)18/h2-4,8,10,17H,5-7,14H2,1H3,(H2,15,18). The molecule has 0 aliphatic carbocycles. The molecule has 2 rings (SSSR count). The van der Waals surface area contributed by atoms with E-state index in [0.29, 0.717) is 30.0 Å². The molecule has 1 aliphatic heterocycles. The van der Waals surface area contributed by atoms with Gasteiger partial charge in [-0.3, -0.25) is 4.79 Å². The van der Waals surface area contributed by atoms with Crippen LogP contribution < -0.4 is 16.4 Å². The van der Waals surface area contributed by atoms with Crippen molar-refractivity contribution in [1.82, 2.24) is 0 Å². The summed E-state index contributed by atoms with van der Waals surface area (Å²) in [5.41, 5.74) is 12.9. The van der Waals surface area contributed by atoms with Crippen LogP contribution in [0.4, 0.5) is 11.4 Å². The minimum atomic E-state index is -0.491. The molecular weight excluding hydrogens is 246 g/mol. The second kappa shape index (κ2) is 5.46. The normalized spacial score (nSPS) is 23.4. The Hall–Kier alpha value is -1.79. The van der Waals surface area contributed by atoms with Crippen LogP contribution >= 0.6 is 0 Å². The van der Waals surface area contributed by atoms with E-state index in [4.69, 9.17) is 16.2 Å². The van der Waals surface area contributed by atoms with Crippen molar-refractivity contribution in [3.63, 3.8) is 0 Å². The first-order chi connectivity index (χ1) is 9.01. The highest BCUT2D eigenvalue weighted by atomic mass is 16.5. The smallest absolute Gasteiger partial charge is 0.250 e. The summed E-state index contributed by atoms with van der Waals surface area (Å²) >= 11 is 0. The Balaban J connectivity index is 2.34. The van der Waals surface area contributed by atoms with E-state index in [-0.39, 0.29) is 18.8 Å². The van der Waals surface area contributed by atoms with Crippen molar-refractivity contribution >= 4 is 17.3 Å².